The highest BCUT2D eigenvalue weighted by molar-refractivity contribution is 5.20. The molecule has 68 valence electrons. The Kier molecular flexibility index (Phi) is 1.12. The van der Waals surface area contributed by atoms with Crippen LogP contribution in [0.1, 0.15) is 12.8 Å². The van der Waals surface area contributed by atoms with Gasteiger partial charge >= 0.3 is 0 Å². The van der Waals surface area contributed by atoms with Crippen molar-refractivity contribution in [1.82, 2.24) is 9.80 Å². The van der Waals surface area contributed by atoms with E-state index in [4.69, 9.17) is 11.5 Å². The predicted molar refractivity (Wildman–Crippen MR) is 46.2 cm³/mol. The van der Waals surface area contributed by atoms with E-state index in [0.29, 0.717) is 0 Å². The van der Waals surface area contributed by atoms with Crippen molar-refractivity contribution in [3.05, 3.63) is 0 Å². The van der Waals surface area contributed by atoms with Gasteiger partial charge < -0.3 is 0 Å². The first-order valence-electron chi connectivity index (χ1n) is 4.75. The first-order chi connectivity index (χ1) is 5.67. The van der Waals surface area contributed by atoms with Crippen LogP contribution in [-0.4, -0.2) is 47.3 Å². The van der Waals surface area contributed by atoms with E-state index < -0.39 is 5.79 Å². The monoisotopic (exact) mass is 168 g/mol. The maximum atomic E-state index is 6.17. The standard InChI is InChI=1S/C8H16N4/c9-8(10,12-5-6-12)7(1-2-7)11-3-4-11/h1-6,9-10H2. The summed E-state index contributed by atoms with van der Waals surface area (Å²) in [6.45, 7) is 4.57. The first kappa shape index (κ1) is 7.26. The quantitative estimate of drug-likeness (QED) is 0.407. The van der Waals surface area contributed by atoms with Gasteiger partial charge in [-0.1, -0.05) is 0 Å². The van der Waals surface area contributed by atoms with Crippen molar-refractivity contribution in [2.75, 3.05) is 26.2 Å². The molecule has 4 N–H and O–H groups in total. The van der Waals surface area contributed by atoms with E-state index in [1.807, 2.05) is 0 Å². The van der Waals surface area contributed by atoms with Crippen molar-refractivity contribution in [2.24, 2.45) is 11.5 Å². The summed E-state index contributed by atoms with van der Waals surface area (Å²) in [6, 6.07) is 0. The fourth-order valence-corrected chi connectivity index (χ4v) is 2.28. The molecule has 2 aliphatic heterocycles. The first-order valence-corrected chi connectivity index (χ1v) is 4.75. The smallest absolute Gasteiger partial charge is 0.140 e. The summed E-state index contributed by atoms with van der Waals surface area (Å²) in [7, 11) is 0. The molecule has 2 saturated heterocycles. The Labute approximate surface area is 72.5 Å². The minimum Gasteiger partial charge on any atom is -0.299 e. The van der Waals surface area contributed by atoms with Crippen LogP contribution in [0.3, 0.4) is 0 Å². The van der Waals surface area contributed by atoms with Crippen LogP contribution in [0.2, 0.25) is 0 Å². The fourth-order valence-electron chi connectivity index (χ4n) is 2.28. The third-order valence-electron chi connectivity index (χ3n) is 3.49. The predicted octanol–water partition coefficient (Wildman–Crippen LogP) is -1.28. The number of hydrogen-bond donors (Lipinski definition) is 2. The molecule has 0 aromatic rings. The minimum atomic E-state index is -0.538. The van der Waals surface area contributed by atoms with E-state index in [-0.39, 0.29) is 5.54 Å². The largest absolute Gasteiger partial charge is 0.299 e. The van der Waals surface area contributed by atoms with E-state index in [2.05, 4.69) is 9.80 Å². The molecule has 0 aromatic carbocycles. The lowest BCUT2D eigenvalue weighted by Gasteiger charge is -2.36. The molecule has 3 rings (SSSR count). The van der Waals surface area contributed by atoms with Crippen LogP contribution in [-0.2, 0) is 0 Å². The number of rotatable bonds is 3. The van der Waals surface area contributed by atoms with Crippen LogP contribution in [0.15, 0.2) is 0 Å². The molecule has 1 aliphatic carbocycles. The summed E-state index contributed by atoms with van der Waals surface area (Å²) in [5.41, 5.74) is 12.5. The molecular formula is C8H16N4. The Morgan fingerprint density at radius 2 is 1.58 bits per heavy atom. The molecule has 4 nitrogen and oxygen atoms in total. The number of nitrogens with zero attached hydrogens (tertiary/aromatic N) is 2. The van der Waals surface area contributed by atoms with Crippen molar-refractivity contribution >= 4 is 0 Å². The summed E-state index contributed by atoms with van der Waals surface area (Å²) in [4.78, 5) is 4.60. The third-order valence-corrected chi connectivity index (χ3v) is 3.49. The van der Waals surface area contributed by atoms with E-state index in [1.54, 1.807) is 0 Å². The van der Waals surface area contributed by atoms with Gasteiger partial charge in [-0.05, 0) is 12.8 Å². The van der Waals surface area contributed by atoms with Crippen LogP contribution < -0.4 is 11.5 Å². The number of hydrogen-bond acceptors (Lipinski definition) is 4. The summed E-state index contributed by atoms with van der Waals surface area (Å²) < 4.78 is 0. The van der Waals surface area contributed by atoms with Crippen molar-refractivity contribution in [2.45, 2.75) is 24.2 Å². The van der Waals surface area contributed by atoms with Gasteiger partial charge in [0.1, 0.15) is 5.79 Å². The molecule has 3 aliphatic rings. The Hall–Kier alpha value is -0.160. The molecule has 4 heteroatoms. The third kappa shape index (κ3) is 0.758. The molecule has 0 radical (unpaired) electrons. The van der Waals surface area contributed by atoms with E-state index >= 15 is 0 Å². The molecule has 0 unspecified atom stereocenters. The Morgan fingerprint density at radius 3 is 1.92 bits per heavy atom. The zero-order chi connectivity index (χ0) is 8.40. The second-order valence-electron chi connectivity index (χ2n) is 4.33. The maximum absolute atomic E-state index is 6.17. The summed E-state index contributed by atoms with van der Waals surface area (Å²) in [5.74, 6) is -0.538. The maximum Gasteiger partial charge on any atom is 0.140 e. The minimum absolute atomic E-state index is 0.156. The molecule has 0 aromatic heterocycles. The topological polar surface area (TPSA) is 58.1 Å². The SMILES string of the molecule is NC(N)(N1CC1)C1(N2CC2)CC1. The van der Waals surface area contributed by atoms with Crippen molar-refractivity contribution < 1.29 is 0 Å². The molecule has 3 fully saturated rings. The Bertz CT molecular complexity index is 201. The zero-order valence-corrected chi connectivity index (χ0v) is 7.29. The summed E-state index contributed by atoms with van der Waals surface area (Å²) in [5, 5.41) is 0. The molecule has 0 spiro atoms. The lowest BCUT2D eigenvalue weighted by molar-refractivity contribution is 0.111. The van der Waals surface area contributed by atoms with Crippen molar-refractivity contribution in [1.29, 1.82) is 0 Å². The molecule has 0 amide bonds. The zero-order valence-electron chi connectivity index (χ0n) is 7.29. The van der Waals surface area contributed by atoms with Gasteiger partial charge in [0.2, 0.25) is 0 Å². The molecule has 12 heavy (non-hydrogen) atoms. The van der Waals surface area contributed by atoms with Crippen molar-refractivity contribution in [3.8, 4) is 0 Å². The van der Waals surface area contributed by atoms with Gasteiger partial charge in [0.05, 0.1) is 5.54 Å². The molecule has 0 atom stereocenters. The number of nitrogens with two attached hydrogens (primary N) is 2. The summed E-state index contributed by atoms with van der Waals surface area (Å²) in [6.07, 6.45) is 2.38. The molecule has 0 bridgehead atoms. The van der Waals surface area contributed by atoms with Crippen molar-refractivity contribution in [3.63, 3.8) is 0 Å². The normalized spacial score (nSPS) is 33.5. The summed E-state index contributed by atoms with van der Waals surface area (Å²) >= 11 is 0. The van der Waals surface area contributed by atoms with Crippen LogP contribution in [0.4, 0.5) is 0 Å². The highest BCUT2D eigenvalue weighted by Crippen LogP contribution is 2.51. The fraction of sp³-hybridized carbons (Fsp3) is 1.00. The van der Waals surface area contributed by atoms with Gasteiger partial charge in [-0.15, -0.1) is 0 Å². The van der Waals surface area contributed by atoms with E-state index in [0.717, 1.165) is 13.1 Å². The highest BCUT2D eigenvalue weighted by atomic mass is 15.5. The average Bonchev–Trinajstić information content (AvgIpc) is 2.85. The van der Waals surface area contributed by atoms with Crippen LogP contribution in [0, 0.1) is 0 Å². The Morgan fingerprint density at radius 1 is 1.00 bits per heavy atom. The highest BCUT2D eigenvalue weighted by Gasteiger charge is 2.65. The average molecular weight is 168 g/mol. The molecule has 1 saturated carbocycles. The lowest BCUT2D eigenvalue weighted by Crippen LogP contribution is -2.68. The molecular weight excluding hydrogens is 152 g/mol. The van der Waals surface area contributed by atoms with Gasteiger partial charge in [-0.2, -0.15) is 0 Å². The lowest BCUT2D eigenvalue weighted by atomic mass is 10.1. The van der Waals surface area contributed by atoms with E-state index in [1.165, 1.54) is 25.9 Å². The van der Waals surface area contributed by atoms with E-state index in [9.17, 15) is 0 Å². The van der Waals surface area contributed by atoms with Gasteiger partial charge in [0, 0.05) is 26.2 Å². The second-order valence-corrected chi connectivity index (χ2v) is 4.33. The van der Waals surface area contributed by atoms with Crippen LogP contribution in [0.25, 0.3) is 0 Å². The molecule has 2 heterocycles. The van der Waals surface area contributed by atoms with Gasteiger partial charge in [-0.25, -0.2) is 0 Å². The van der Waals surface area contributed by atoms with Gasteiger partial charge in [0.25, 0.3) is 0 Å². The second kappa shape index (κ2) is 1.85. The van der Waals surface area contributed by atoms with Crippen LogP contribution >= 0.6 is 0 Å². The van der Waals surface area contributed by atoms with Crippen LogP contribution in [0.5, 0.6) is 0 Å². The van der Waals surface area contributed by atoms with Gasteiger partial charge in [0.15, 0.2) is 0 Å². The van der Waals surface area contributed by atoms with Gasteiger partial charge in [-0.3, -0.25) is 21.3 Å². The Balaban J connectivity index is 1.84.